The largest absolute Gasteiger partial charge is 0.497 e. The molecule has 3 aromatic rings. The number of rotatable bonds is 9. The molecule has 2 bridgehead atoms. The van der Waals surface area contributed by atoms with Gasteiger partial charge in [-0.05, 0) is 105 Å². The molecule has 8 nitrogen and oxygen atoms in total. The Kier molecular flexibility index (Phi) is 9.04. The number of hydrogen-bond acceptors (Lipinski definition) is 6. The third-order valence-corrected chi connectivity index (χ3v) is 14.8. The van der Waals surface area contributed by atoms with E-state index in [2.05, 4.69) is 31.3 Å². The molecule has 6 aliphatic carbocycles. The number of halogens is 2. The SMILES string of the molecule is COc1ccc(CN(C[C@]2(O)CC[C@H]3[C@]45C=C[C@@]6(C=C4C(=O)c4ccc(F)c(F)c4)CC(O)CC[C@]6(C)[C@H]5CC[C@@]32C)C(=O)Nc2ccccc2)c(OC)c1. The molecule has 2 spiro atoms. The van der Waals surface area contributed by atoms with Crippen LogP contribution >= 0.6 is 0 Å². The molecule has 6 aliphatic rings. The highest BCUT2D eigenvalue weighted by Crippen LogP contribution is 2.78. The Morgan fingerprint density at radius 2 is 1.60 bits per heavy atom. The van der Waals surface area contributed by atoms with Crippen molar-refractivity contribution in [2.75, 3.05) is 26.1 Å². The lowest BCUT2D eigenvalue weighted by molar-refractivity contribution is -0.174. The zero-order valence-corrected chi connectivity index (χ0v) is 31.9. The average Bonchev–Trinajstić information content (AvgIpc) is 3.45. The van der Waals surface area contributed by atoms with E-state index in [9.17, 15) is 28.6 Å². The second kappa shape index (κ2) is 13.3. The van der Waals surface area contributed by atoms with E-state index >= 15 is 0 Å². The number of nitrogens with zero attached hydrogens (tertiary/aromatic N) is 1. The molecule has 0 heterocycles. The first-order valence-corrected chi connectivity index (χ1v) is 19.4. The van der Waals surface area contributed by atoms with E-state index in [1.165, 1.54) is 6.07 Å². The number of nitrogens with one attached hydrogen (secondary N) is 1. The first-order chi connectivity index (χ1) is 26.2. The van der Waals surface area contributed by atoms with Crippen molar-refractivity contribution < 1.29 is 38.1 Å². The second-order valence-electron chi connectivity index (χ2n) is 17.1. The molecule has 0 radical (unpaired) electrons. The van der Waals surface area contributed by atoms with Crippen LogP contribution in [0.1, 0.15) is 74.7 Å². The smallest absolute Gasteiger partial charge is 0.322 e. The van der Waals surface area contributed by atoms with Crippen molar-refractivity contribution >= 4 is 17.5 Å². The highest BCUT2D eigenvalue weighted by atomic mass is 19.2. The van der Waals surface area contributed by atoms with Gasteiger partial charge in [-0.2, -0.15) is 0 Å². The number of hydrogen-bond donors (Lipinski definition) is 3. The molecule has 0 aliphatic heterocycles. The van der Waals surface area contributed by atoms with Crippen LogP contribution in [0.4, 0.5) is 19.3 Å². The van der Waals surface area contributed by atoms with Gasteiger partial charge in [0, 0.05) is 44.7 Å². The quantitative estimate of drug-likeness (QED) is 0.150. The van der Waals surface area contributed by atoms with Gasteiger partial charge in [0.1, 0.15) is 11.5 Å². The fourth-order valence-electron chi connectivity index (χ4n) is 11.8. The van der Waals surface area contributed by atoms with Crippen molar-refractivity contribution in [3.63, 3.8) is 0 Å². The summed E-state index contributed by atoms with van der Waals surface area (Å²) in [6.45, 7) is 4.56. The maximum atomic E-state index is 14.8. The number of urea groups is 1. The summed E-state index contributed by atoms with van der Waals surface area (Å²) in [4.78, 5) is 30.7. The summed E-state index contributed by atoms with van der Waals surface area (Å²) in [5, 5.41) is 27.2. The van der Waals surface area contributed by atoms with Gasteiger partial charge in [0.15, 0.2) is 17.4 Å². The maximum Gasteiger partial charge on any atom is 0.322 e. The molecule has 0 aromatic heterocycles. The number of benzene rings is 3. The maximum absolute atomic E-state index is 14.8. The van der Waals surface area contributed by atoms with Crippen molar-refractivity contribution in [3.8, 4) is 11.5 Å². The fourth-order valence-corrected chi connectivity index (χ4v) is 11.8. The van der Waals surface area contributed by atoms with Gasteiger partial charge in [0.25, 0.3) is 0 Å². The topological polar surface area (TPSA) is 108 Å². The molecule has 2 amide bonds. The van der Waals surface area contributed by atoms with Crippen LogP contribution in [0.15, 0.2) is 90.5 Å². The van der Waals surface area contributed by atoms with Gasteiger partial charge in [-0.25, -0.2) is 13.6 Å². The Morgan fingerprint density at radius 1 is 0.873 bits per heavy atom. The molecule has 55 heavy (non-hydrogen) atoms. The molecule has 0 saturated heterocycles. The molecular formula is C45H50F2N2O6. The van der Waals surface area contributed by atoms with Crippen molar-refractivity contribution in [2.45, 2.75) is 77.0 Å². The molecule has 3 aromatic carbocycles. The molecule has 290 valence electrons. The van der Waals surface area contributed by atoms with E-state index in [4.69, 9.17) is 9.47 Å². The number of aliphatic hydroxyl groups is 2. The van der Waals surface area contributed by atoms with Crippen LogP contribution in [0.2, 0.25) is 0 Å². The summed E-state index contributed by atoms with van der Waals surface area (Å²) in [6, 6.07) is 17.6. The fraction of sp³-hybridized carbons (Fsp3) is 0.467. The lowest BCUT2D eigenvalue weighted by atomic mass is 9.32. The van der Waals surface area contributed by atoms with Crippen LogP contribution in [0, 0.1) is 45.1 Å². The zero-order chi connectivity index (χ0) is 39.0. The van der Waals surface area contributed by atoms with Crippen molar-refractivity contribution in [3.05, 3.63) is 113 Å². The number of fused-ring (bicyclic) bond motifs is 1. The number of carbonyl (C=O) groups excluding carboxylic acids is 2. The van der Waals surface area contributed by atoms with E-state index in [1.54, 1.807) is 25.2 Å². The van der Waals surface area contributed by atoms with Crippen LogP contribution in [-0.2, 0) is 6.54 Å². The predicted octanol–water partition coefficient (Wildman–Crippen LogP) is 8.49. The van der Waals surface area contributed by atoms with Crippen LogP contribution in [0.25, 0.3) is 0 Å². The third-order valence-electron chi connectivity index (χ3n) is 14.8. The number of anilines is 1. The summed E-state index contributed by atoms with van der Waals surface area (Å²) >= 11 is 0. The number of carbonyl (C=O) groups is 2. The zero-order valence-electron chi connectivity index (χ0n) is 31.9. The molecular weight excluding hydrogens is 702 g/mol. The summed E-state index contributed by atoms with van der Waals surface area (Å²) in [7, 11) is 3.14. The Morgan fingerprint density at radius 3 is 2.33 bits per heavy atom. The van der Waals surface area contributed by atoms with Gasteiger partial charge in [0.05, 0.1) is 39.0 Å². The number of ether oxygens (including phenoxy) is 2. The number of methoxy groups -OCH3 is 2. The first-order valence-electron chi connectivity index (χ1n) is 19.4. The molecule has 8 atom stereocenters. The highest BCUT2D eigenvalue weighted by molar-refractivity contribution is 6.10. The summed E-state index contributed by atoms with van der Waals surface area (Å²) in [5.74, 6) is -1.50. The van der Waals surface area contributed by atoms with Crippen molar-refractivity contribution in [1.82, 2.24) is 4.90 Å². The molecule has 3 saturated carbocycles. The van der Waals surface area contributed by atoms with Gasteiger partial charge in [-0.3, -0.25) is 4.79 Å². The third kappa shape index (κ3) is 5.57. The van der Waals surface area contributed by atoms with E-state index in [1.807, 2.05) is 48.5 Å². The van der Waals surface area contributed by atoms with Crippen LogP contribution in [0.3, 0.4) is 0 Å². The molecule has 9 rings (SSSR count). The normalized spacial score (nSPS) is 34.2. The number of ketones is 1. The van der Waals surface area contributed by atoms with Gasteiger partial charge >= 0.3 is 6.03 Å². The van der Waals surface area contributed by atoms with E-state index < -0.39 is 39.6 Å². The summed E-state index contributed by atoms with van der Waals surface area (Å²) in [6.07, 6.45) is 10.2. The van der Waals surface area contributed by atoms with Gasteiger partial charge in [-0.1, -0.05) is 50.3 Å². The molecule has 1 unspecified atom stereocenters. The minimum absolute atomic E-state index is 0.00760. The Balaban J connectivity index is 1.20. The standard InChI is InChI=1S/C45H50F2N2O6/c1-41-17-14-31(50)24-43(41)20-21-45(33(25-43)39(51)28-11-13-34(46)35(47)22-28)37(41)15-18-42(2)38(45)16-19-44(42,53)27-49(40(52)48-30-8-6-5-7-9-30)26-29-10-12-32(54-3)23-36(29)55-4/h5-13,20-23,25,31,37-38,50,53H,14-19,24,26-27H2,1-4H3,(H,48,52)/t31?,37-,38-,41-,42+,43+,44-,45-/m1/s1. The van der Waals surface area contributed by atoms with Crippen molar-refractivity contribution in [1.29, 1.82) is 0 Å². The van der Waals surface area contributed by atoms with E-state index in [0.29, 0.717) is 61.3 Å². The minimum atomic E-state index is -1.36. The summed E-state index contributed by atoms with van der Waals surface area (Å²) < 4.78 is 39.9. The number of amides is 2. The molecule has 3 N–H and O–H groups in total. The summed E-state index contributed by atoms with van der Waals surface area (Å²) in [5.41, 5.74) is -1.79. The van der Waals surface area contributed by atoms with Crippen molar-refractivity contribution in [2.24, 2.45) is 33.5 Å². The van der Waals surface area contributed by atoms with E-state index in [-0.39, 0.29) is 47.7 Å². The van der Waals surface area contributed by atoms with E-state index in [0.717, 1.165) is 24.1 Å². The predicted molar refractivity (Wildman–Crippen MR) is 205 cm³/mol. The monoisotopic (exact) mass is 752 g/mol. The molecule has 10 heteroatoms. The van der Waals surface area contributed by atoms with Crippen LogP contribution in [0.5, 0.6) is 11.5 Å². The average molecular weight is 753 g/mol. The van der Waals surface area contributed by atoms with Gasteiger partial charge in [0.2, 0.25) is 0 Å². The Bertz CT molecular complexity index is 2090. The van der Waals surface area contributed by atoms with Gasteiger partial charge < -0.3 is 29.9 Å². The number of allylic oxidation sites excluding steroid dienone is 4. The van der Waals surface area contributed by atoms with Crippen LogP contribution < -0.4 is 14.8 Å². The van der Waals surface area contributed by atoms with Crippen LogP contribution in [-0.4, -0.2) is 59.4 Å². The first kappa shape index (κ1) is 37.4. The Hall–Kier alpha value is -4.54. The Labute approximate surface area is 321 Å². The minimum Gasteiger partial charge on any atom is -0.497 e. The molecule has 3 fully saturated rings. The van der Waals surface area contributed by atoms with Gasteiger partial charge in [-0.15, -0.1) is 0 Å². The second-order valence-corrected chi connectivity index (χ2v) is 17.1. The lowest BCUT2D eigenvalue weighted by Gasteiger charge is -2.71. The highest BCUT2D eigenvalue weighted by Gasteiger charge is 2.74. The lowest BCUT2D eigenvalue weighted by Crippen LogP contribution is -2.67. The number of para-hydroxylation sites is 1. The number of Topliss-reactive ketones (excluding diaryl/α,β-unsaturated/α-hetero) is 1. The number of aliphatic hydroxyl groups excluding tert-OH is 1.